The third kappa shape index (κ3) is 3.43. The van der Waals surface area contributed by atoms with Gasteiger partial charge in [-0.3, -0.25) is 0 Å². The van der Waals surface area contributed by atoms with Gasteiger partial charge in [0.2, 0.25) is 0 Å². The highest BCUT2D eigenvalue weighted by Crippen LogP contribution is 2.43. The molecule has 3 aromatic carbocycles. The van der Waals surface area contributed by atoms with E-state index < -0.39 is 7.92 Å². The summed E-state index contributed by atoms with van der Waals surface area (Å²) >= 11 is 0. The molecule has 0 spiro atoms. The number of aryl methyl sites for hydroxylation is 1. The molecular weight excluding hydrogens is 369 g/mol. The zero-order valence-electron chi connectivity index (χ0n) is 17.1. The van der Waals surface area contributed by atoms with Crippen molar-refractivity contribution in [1.82, 2.24) is 4.57 Å². The molecule has 0 atom stereocenters. The minimum atomic E-state index is -0.596. The highest BCUT2D eigenvalue weighted by atomic mass is 31.1. The molecule has 1 nitrogen and oxygen atoms in total. The van der Waals surface area contributed by atoms with E-state index in [9.17, 15) is 0 Å². The average Bonchev–Trinajstić information content (AvgIpc) is 3.09. The lowest BCUT2D eigenvalue weighted by Gasteiger charge is -2.27. The third-order valence-corrected chi connectivity index (χ3v) is 8.96. The number of rotatable bonds is 4. The van der Waals surface area contributed by atoms with E-state index in [4.69, 9.17) is 0 Å². The number of fused-ring (bicyclic) bond motifs is 1. The van der Waals surface area contributed by atoms with Gasteiger partial charge in [-0.05, 0) is 41.0 Å². The van der Waals surface area contributed by atoms with Crippen LogP contribution in [0.3, 0.4) is 0 Å². The Kier molecular flexibility index (Phi) is 5.25. The van der Waals surface area contributed by atoms with Crippen molar-refractivity contribution < 1.29 is 0 Å². The second kappa shape index (κ2) is 8.17. The number of nitrogens with zero attached hydrogens (tertiary/aromatic N) is 1. The molecule has 29 heavy (non-hydrogen) atoms. The van der Waals surface area contributed by atoms with E-state index in [0.29, 0.717) is 5.92 Å². The van der Waals surface area contributed by atoms with Gasteiger partial charge in [-0.2, -0.15) is 0 Å². The smallest absolute Gasteiger partial charge is 0.0545 e. The molecule has 0 radical (unpaired) electrons. The maximum Gasteiger partial charge on any atom is 0.0545 e. The van der Waals surface area contributed by atoms with Crippen molar-refractivity contribution in [3.8, 4) is 0 Å². The minimum Gasteiger partial charge on any atom is -0.343 e. The van der Waals surface area contributed by atoms with Crippen molar-refractivity contribution in [1.29, 1.82) is 0 Å². The fraction of sp³-hybridized carbons (Fsp3) is 0.259. The summed E-state index contributed by atoms with van der Waals surface area (Å²) in [5, 5.41) is 4.35. The van der Waals surface area contributed by atoms with E-state index in [0.717, 1.165) is 0 Å². The highest BCUT2D eigenvalue weighted by molar-refractivity contribution is 7.79. The van der Waals surface area contributed by atoms with Gasteiger partial charge in [-0.15, -0.1) is 0 Å². The molecule has 0 saturated heterocycles. The van der Waals surface area contributed by atoms with Gasteiger partial charge in [-0.25, -0.2) is 0 Å². The van der Waals surface area contributed by atoms with Crippen molar-refractivity contribution in [3.63, 3.8) is 0 Å². The summed E-state index contributed by atoms with van der Waals surface area (Å²) in [6.07, 6.45) is 6.77. The SMILES string of the molecule is Cn1c(P(c2ccccc2)c2ccccc2)c(C2CCCCC2)c2ccccc21. The standard InChI is InChI=1S/C27H28NP/c1-28-25-20-12-11-19-24(25)26(21-13-5-2-6-14-21)27(28)29(22-15-7-3-8-16-22)23-17-9-4-10-18-23/h3-4,7-12,15-21H,2,5-6,13-14H2,1H3. The molecule has 1 aliphatic carbocycles. The number of hydrogen-bond donors (Lipinski definition) is 0. The van der Waals surface area contributed by atoms with E-state index in [1.165, 1.54) is 53.6 Å². The van der Waals surface area contributed by atoms with Crippen LogP contribution >= 0.6 is 7.92 Å². The van der Waals surface area contributed by atoms with Crippen LogP contribution < -0.4 is 16.0 Å². The highest BCUT2D eigenvalue weighted by Gasteiger charge is 2.30. The summed E-state index contributed by atoms with van der Waals surface area (Å²) < 4.78 is 2.50. The Bertz CT molecular complexity index is 1050. The topological polar surface area (TPSA) is 4.93 Å². The molecular formula is C27H28NP. The molecule has 4 aromatic rings. The van der Waals surface area contributed by atoms with Gasteiger partial charge in [0.15, 0.2) is 0 Å². The summed E-state index contributed by atoms with van der Waals surface area (Å²) in [6, 6.07) is 31.4. The van der Waals surface area contributed by atoms with Gasteiger partial charge in [0, 0.05) is 25.9 Å². The van der Waals surface area contributed by atoms with Crippen LogP contribution in [0.25, 0.3) is 10.9 Å². The van der Waals surface area contributed by atoms with Gasteiger partial charge in [0.1, 0.15) is 0 Å². The van der Waals surface area contributed by atoms with Crippen molar-refractivity contribution in [2.24, 2.45) is 7.05 Å². The second-order valence-electron chi connectivity index (χ2n) is 8.15. The Labute approximate surface area is 175 Å². The van der Waals surface area contributed by atoms with Crippen molar-refractivity contribution in [2.45, 2.75) is 38.0 Å². The zero-order chi connectivity index (χ0) is 19.6. The van der Waals surface area contributed by atoms with Crippen LogP contribution in [0.15, 0.2) is 84.9 Å². The third-order valence-electron chi connectivity index (χ3n) is 6.37. The van der Waals surface area contributed by atoms with Crippen LogP contribution in [0.5, 0.6) is 0 Å². The largest absolute Gasteiger partial charge is 0.343 e. The first-order valence-corrected chi connectivity index (χ1v) is 12.2. The minimum absolute atomic E-state index is 0.596. The molecule has 0 unspecified atom stereocenters. The monoisotopic (exact) mass is 397 g/mol. The maximum absolute atomic E-state index is 2.50. The van der Waals surface area contributed by atoms with E-state index in [1.807, 2.05) is 0 Å². The summed E-state index contributed by atoms with van der Waals surface area (Å²) in [5.74, 6) is 0.683. The molecule has 1 saturated carbocycles. The summed E-state index contributed by atoms with van der Waals surface area (Å²) in [6.45, 7) is 0. The van der Waals surface area contributed by atoms with Crippen LogP contribution in [-0.2, 0) is 7.05 Å². The fourth-order valence-electron chi connectivity index (χ4n) is 5.02. The predicted molar refractivity (Wildman–Crippen MR) is 127 cm³/mol. The molecule has 0 bridgehead atoms. The average molecular weight is 398 g/mol. The molecule has 0 aliphatic heterocycles. The lowest BCUT2D eigenvalue weighted by Crippen LogP contribution is -2.28. The molecule has 2 heteroatoms. The first-order chi connectivity index (χ1) is 14.3. The summed E-state index contributed by atoms with van der Waals surface area (Å²) in [7, 11) is 1.69. The normalized spacial score (nSPS) is 15.2. The maximum atomic E-state index is 2.50. The van der Waals surface area contributed by atoms with Gasteiger partial charge < -0.3 is 4.57 Å². The quantitative estimate of drug-likeness (QED) is 0.373. The Morgan fingerprint density at radius 3 is 1.86 bits per heavy atom. The Morgan fingerprint density at radius 1 is 0.690 bits per heavy atom. The van der Waals surface area contributed by atoms with Crippen LogP contribution in [0.1, 0.15) is 43.6 Å². The Balaban J connectivity index is 1.80. The lowest BCUT2D eigenvalue weighted by molar-refractivity contribution is 0.446. The van der Waals surface area contributed by atoms with Crippen molar-refractivity contribution >= 4 is 34.9 Å². The van der Waals surface area contributed by atoms with Crippen LogP contribution in [-0.4, -0.2) is 4.57 Å². The lowest BCUT2D eigenvalue weighted by atomic mass is 9.84. The predicted octanol–water partition coefficient (Wildman–Crippen LogP) is 5.98. The first-order valence-electron chi connectivity index (χ1n) is 10.8. The van der Waals surface area contributed by atoms with E-state index in [-0.39, 0.29) is 0 Å². The second-order valence-corrected chi connectivity index (χ2v) is 10.3. The molecule has 1 fully saturated rings. The van der Waals surface area contributed by atoms with E-state index in [2.05, 4.69) is 96.5 Å². The van der Waals surface area contributed by atoms with Gasteiger partial charge in [-0.1, -0.05) is 98.1 Å². The first kappa shape index (κ1) is 18.6. The Hall–Kier alpha value is -2.37. The van der Waals surface area contributed by atoms with Gasteiger partial charge in [0.05, 0.1) is 5.44 Å². The fourth-order valence-corrected chi connectivity index (χ4v) is 7.70. The van der Waals surface area contributed by atoms with Crippen molar-refractivity contribution in [2.75, 3.05) is 0 Å². The van der Waals surface area contributed by atoms with Gasteiger partial charge >= 0.3 is 0 Å². The molecule has 1 aromatic heterocycles. The molecule has 146 valence electrons. The zero-order valence-corrected chi connectivity index (χ0v) is 18.0. The van der Waals surface area contributed by atoms with Gasteiger partial charge in [0.25, 0.3) is 0 Å². The molecule has 0 amide bonds. The number of aromatic nitrogens is 1. The molecule has 1 heterocycles. The molecule has 1 aliphatic rings. The Morgan fingerprint density at radius 2 is 1.24 bits per heavy atom. The summed E-state index contributed by atoms with van der Waals surface area (Å²) in [5.41, 5.74) is 4.55. The van der Waals surface area contributed by atoms with E-state index >= 15 is 0 Å². The van der Waals surface area contributed by atoms with Crippen LogP contribution in [0.4, 0.5) is 0 Å². The number of hydrogen-bond acceptors (Lipinski definition) is 0. The van der Waals surface area contributed by atoms with E-state index in [1.54, 1.807) is 11.0 Å². The molecule has 5 rings (SSSR count). The molecule has 0 N–H and O–H groups in total. The number of benzene rings is 3. The van der Waals surface area contributed by atoms with Crippen LogP contribution in [0.2, 0.25) is 0 Å². The van der Waals surface area contributed by atoms with Crippen molar-refractivity contribution in [3.05, 3.63) is 90.5 Å². The summed E-state index contributed by atoms with van der Waals surface area (Å²) in [4.78, 5) is 0. The van der Waals surface area contributed by atoms with Crippen LogP contribution in [0, 0.1) is 0 Å². The number of para-hydroxylation sites is 1.